The van der Waals surface area contributed by atoms with E-state index in [1.807, 2.05) is 42.2 Å². The number of hydrogen-bond donors (Lipinski definition) is 2. The smallest absolute Gasteiger partial charge is 0.245 e. The summed E-state index contributed by atoms with van der Waals surface area (Å²) >= 11 is 1.58. The number of anilines is 2. The molecule has 0 spiro atoms. The molecule has 1 aromatic heterocycles. The molecule has 6 heteroatoms. The Bertz CT molecular complexity index is 665. The highest BCUT2D eigenvalue weighted by Crippen LogP contribution is 2.30. The van der Waals surface area contributed by atoms with Gasteiger partial charge in [0.05, 0.1) is 18.3 Å². The molecule has 1 aliphatic rings. The summed E-state index contributed by atoms with van der Waals surface area (Å²) in [5, 5.41) is 13.6. The number of fused-ring (bicyclic) bond motifs is 1. The van der Waals surface area contributed by atoms with Gasteiger partial charge in [-0.05, 0) is 37.8 Å². The van der Waals surface area contributed by atoms with Crippen LogP contribution in [0.2, 0.25) is 0 Å². The molecule has 1 atom stereocenters. The molecule has 24 heavy (non-hydrogen) atoms. The summed E-state index contributed by atoms with van der Waals surface area (Å²) in [5.41, 5.74) is 2.07. The zero-order valence-electron chi connectivity index (χ0n) is 13.9. The first-order valence-electron chi connectivity index (χ1n) is 8.42. The number of thiazole rings is 1. The lowest BCUT2D eigenvalue weighted by Crippen LogP contribution is -2.38. The van der Waals surface area contributed by atoms with E-state index in [-0.39, 0.29) is 12.5 Å². The molecule has 0 saturated carbocycles. The minimum atomic E-state index is -0.457. The van der Waals surface area contributed by atoms with E-state index in [1.54, 1.807) is 11.3 Å². The third-order valence-corrected chi connectivity index (χ3v) is 5.27. The van der Waals surface area contributed by atoms with Gasteiger partial charge in [0.15, 0.2) is 5.13 Å². The highest BCUT2D eigenvalue weighted by molar-refractivity contribution is 7.15. The van der Waals surface area contributed by atoms with Gasteiger partial charge in [0.2, 0.25) is 5.91 Å². The fourth-order valence-electron chi connectivity index (χ4n) is 2.86. The van der Waals surface area contributed by atoms with Crippen LogP contribution in [0.3, 0.4) is 0 Å². The minimum absolute atomic E-state index is 0.102. The Kier molecular flexibility index (Phi) is 5.48. The number of carbonyl (C=O) groups is 1. The molecule has 0 bridgehead atoms. The van der Waals surface area contributed by atoms with Crippen LogP contribution in [-0.2, 0) is 17.6 Å². The van der Waals surface area contributed by atoms with Crippen LogP contribution in [0.15, 0.2) is 30.3 Å². The van der Waals surface area contributed by atoms with Gasteiger partial charge in [-0.3, -0.25) is 4.79 Å². The number of carbonyl (C=O) groups excluding carboxylic acids is 1. The molecule has 0 fully saturated rings. The molecule has 2 aromatic rings. The van der Waals surface area contributed by atoms with E-state index in [4.69, 9.17) is 0 Å². The zero-order valence-corrected chi connectivity index (χ0v) is 14.7. The third-order valence-electron chi connectivity index (χ3n) is 4.20. The number of aliphatic hydroxyl groups is 1. The number of hydrogen-bond acceptors (Lipinski definition) is 5. The topological polar surface area (TPSA) is 65.5 Å². The van der Waals surface area contributed by atoms with Crippen LogP contribution in [0, 0.1) is 0 Å². The molecule has 1 heterocycles. The Hall–Kier alpha value is -1.92. The monoisotopic (exact) mass is 345 g/mol. The summed E-state index contributed by atoms with van der Waals surface area (Å²) in [5.74, 6) is -0.102. The Morgan fingerprint density at radius 3 is 2.88 bits per heavy atom. The number of rotatable bonds is 7. The predicted octanol–water partition coefficient (Wildman–Crippen LogP) is 2.85. The van der Waals surface area contributed by atoms with Gasteiger partial charge in [-0.2, -0.15) is 0 Å². The van der Waals surface area contributed by atoms with Crippen LogP contribution in [0.4, 0.5) is 10.8 Å². The van der Waals surface area contributed by atoms with Crippen molar-refractivity contribution in [1.82, 2.24) is 4.98 Å². The van der Waals surface area contributed by atoms with Gasteiger partial charge in [-0.1, -0.05) is 25.1 Å². The molecular formula is C18H23N3O2S. The zero-order chi connectivity index (χ0) is 16.9. The molecule has 3 rings (SSSR count). The summed E-state index contributed by atoms with van der Waals surface area (Å²) in [7, 11) is 0. The van der Waals surface area contributed by atoms with Crippen molar-refractivity contribution in [3.63, 3.8) is 0 Å². The van der Waals surface area contributed by atoms with Gasteiger partial charge in [0, 0.05) is 17.1 Å². The molecule has 1 amide bonds. The van der Waals surface area contributed by atoms with Gasteiger partial charge >= 0.3 is 0 Å². The van der Waals surface area contributed by atoms with Gasteiger partial charge in [0.1, 0.15) is 0 Å². The second-order valence-corrected chi connectivity index (χ2v) is 7.15. The first kappa shape index (κ1) is 16.9. The van der Waals surface area contributed by atoms with Gasteiger partial charge in [-0.25, -0.2) is 4.98 Å². The van der Waals surface area contributed by atoms with Gasteiger partial charge in [-0.15, -0.1) is 11.3 Å². The number of nitrogens with one attached hydrogen (secondary N) is 1. The first-order chi connectivity index (χ1) is 11.7. The van der Waals surface area contributed by atoms with E-state index in [0.29, 0.717) is 18.1 Å². The maximum atomic E-state index is 12.4. The van der Waals surface area contributed by atoms with E-state index < -0.39 is 6.10 Å². The van der Waals surface area contributed by atoms with Crippen molar-refractivity contribution in [3.05, 3.63) is 40.9 Å². The van der Waals surface area contributed by atoms with Crippen molar-refractivity contribution in [3.8, 4) is 0 Å². The molecule has 5 nitrogen and oxygen atoms in total. The molecule has 1 unspecified atom stereocenters. The average molecular weight is 345 g/mol. The molecule has 0 aliphatic heterocycles. The molecule has 0 saturated heterocycles. The van der Waals surface area contributed by atoms with E-state index in [2.05, 4.69) is 10.3 Å². The highest BCUT2D eigenvalue weighted by Gasteiger charge is 2.19. The van der Waals surface area contributed by atoms with E-state index in [9.17, 15) is 9.90 Å². The van der Waals surface area contributed by atoms with E-state index in [0.717, 1.165) is 24.2 Å². The second-order valence-electron chi connectivity index (χ2n) is 6.07. The number of aromatic nitrogens is 1. The van der Waals surface area contributed by atoms with E-state index >= 15 is 0 Å². The van der Waals surface area contributed by atoms with Crippen LogP contribution in [0.5, 0.6) is 0 Å². The number of nitrogens with zero attached hydrogens (tertiary/aromatic N) is 2. The molecule has 1 aliphatic carbocycles. The van der Waals surface area contributed by atoms with Crippen molar-refractivity contribution in [2.45, 2.75) is 38.7 Å². The van der Waals surface area contributed by atoms with Crippen molar-refractivity contribution in [2.24, 2.45) is 0 Å². The molecule has 2 N–H and O–H groups in total. The van der Waals surface area contributed by atoms with Crippen LogP contribution in [0.1, 0.15) is 30.3 Å². The largest absolute Gasteiger partial charge is 0.391 e. The van der Waals surface area contributed by atoms with Crippen LogP contribution in [-0.4, -0.2) is 35.2 Å². The fraction of sp³-hybridized carbons (Fsp3) is 0.444. The van der Waals surface area contributed by atoms with Crippen LogP contribution in [0.25, 0.3) is 0 Å². The molecule has 0 radical (unpaired) electrons. The molecule has 1 aromatic carbocycles. The highest BCUT2D eigenvalue weighted by atomic mass is 32.1. The maximum Gasteiger partial charge on any atom is 0.245 e. The van der Waals surface area contributed by atoms with E-state index in [1.165, 1.54) is 11.3 Å². The van der Waals surface area contributed by atoms with Crippen LogP contribution >= 0.6 is 11.3 Å². The molecular weight excluding hydrogens is 322 g/mol. The number of aliphatic hydroxyl groups excluding tert-OH is 1. The summed E-state index contributed by atoms with van der Waals surface area (Å²) < 4.78 is 0. The SMILES string of the molecule is CCC(O)CN(CC(=O)Nc1nc2c(s1)CCC2)c1ccccc1. The Balaban J connectivity index is 1.65. The second kappa shape index (κ2) is 7.77. The number of aryl methyl sites for hydroxylation is 2. The fourth-order valence-corrected chi connectivity index (χ4v) is 3.93. The number of amides is 1. The van der Waals surface area contributed by atoms with Crippen LogP contribution < -0.4 is 10.2 Å². The quantitative estimate of drug-likeness (QED) is 0.810. The summed E-state index contributed by atoms with van der Waals surface area (Å²) in [6, 6.07) is 9.71. The lowest BCUT2D eigenvalue weighted by molar-refractivity contribution is -0.115. The normalized spacial score (nSPS) is 14.2. The lowest BCUT2D eigenvalue weighted by Gasteiger charge is -2.26. The van der Waals surface area contributed by atoms with Gasteiger partial charge in [0.25, 0.3) is 0 Å². The third kappa shape index (κ3) is 4.13. The standard InChI is InChI=1S/C18H23N3O2S/c1-2-14(22)11-21(13-7-4-3-5-8-13)12-17(23)20-18-19-15-9-6-10-16(15)24-18/h3-5,7-8,14,22H,2,6,9-12H2,1H3,(H,19,20,23). The lowest BCUT2D eigenvalue weighted by atomic mass is 10.2. The van der Waals surface area contributed by atoms with Crippen molar-refractivity contribution in [2.75, 3.05) is 23.3 Å². The Morgan fingerprint density at radius 1 is 1.38 bits per heavy atom. The first-order valence-corrected chi connectivity index (χ1v) is 9.24. The predicted molar refractivity (Wildman–Crippen MR) is 97.7 cm³/mol. The summed E-state index contributed by atoms with van der Waals surface area (Å²) in [4.78, 5) is 20.1. The van der Waals surface area contributed by atoms with Crippen molar-refractivity contribution in [1.29, 1.82) is 0 Å². The number of benzene rings is 1. The number of para-hydroxylation sites is 1. The Labute approximate surface area is 146 Å². The van der Waals surface area contributed by atoms with Crippen molar-refractivity contribution < 1.29 is 9.90 Å². The summed E-state index contributed by atoms with van der Waals surface area (Å²) in [6.45, 7) is 2.57. The Morgan fingerprint density at radius 2 is 2.17 bits per heavy atom. The maximum absolute atomic E-state index is 12.4. The van der Waals surface area contributed by atoms with Crippen molar-refractivity contribution >= 4 is 28.1 Å². The summed E-state index contributed by atoms with van der Waals surface area (Å²) in [6.07, 6.45) is 3.45. The molecule has 128 valence electrons. The average Bonchev–Trinajstić information content (AvgIpc) is 3.16. The minimum Gasteiger partial charge on any atom is -0.391 e. The van der Waals surface area contributed by atoms with Gasteiger partial charge < -0.3 is 15.3 Å².